The minimum Gasteiger partial charge on any atom is -0.369 e. The van der Waals surface area contributed by atoms with Crippen molar-refractivity contribution in [2.45, 2.75) is 44.7 Å². The monoisotopic (exact) mass is 457 g/mol. The number of nitrogens with zero attached hydrogens (tertiary/aromatic N) is 4. The fraction of sp³-hybridized carbons (Fsp3) is 0.444. The number of rotatable bonds is 4. The SMILES string of the molecule is O=C1CCC=C1c1ccc(N2CCN(Cc3cnc4c(c3)NC(=O)[C@@H]3CCCCN43)CC2)cc1. The van der Waals surface area contributed by atoms with E-state index in [0.29, 0.717) is 6.42 Å². The molecule has 6 rings (SSSR count). The lowest BCUT2D eigenvalue weighted by atomic mass is 9.99. The molecule has 2 aromatic rings. The number of allylic oxidation sites excluding steroid dienone is 2. The molecule has 4 aliphatic rings. The van der Waals surface area contributed by atoms with Crippen LogP contribution in [0.3, 0.4) is 0 Å². The Balaban J connectivity index is 1.07. The summed E-state index contributed by atoms with van der Waals surface area (Å²) in [6.45, 7) is 5.63. The number of piperazine rings is 1. The third-order valence-corrected chi connectivity index (χ3v) is 7.60. The number of carbonyl (C=O) groups excluding carboxylic acids is 2. The van der Waals surface area contributed by atoms with Gasteiger partial charge in [0.2, 0.25) is 5.91 Å². The first-order valence-electron chi connectivity index (χ1n) is 12.5. The van der Waals surface area contributed by atoms with Crippen LogP contribution in [-0.2, 0) is 16.1 Å². The largest absolute Gasteiger partial charge is 0.369 e. The summed E-state index contributed by atoms with van der Waals surface area (Å²) in [4.78, 5) is 36.4. The molecule has 1 amide bonds. The summed E-state index contributed by atoms with van der Waals surface area (Å²) in [5.41, 5.74) is 5.12. The Morgan fingerprint density at radius 2 is 1.82 bits per heavy atom. The Kier molecular flexibility index (Phi) is 5.57. The van der Waals surface area contributed by atoms with Crippen LogP contribution in [0.2, 0.25) is 0 Å². The minimum absolute atomic E-state index is 0.0582. The number of Topliss-reactive ketones (excluding diaryl/α,β-unsaturated/α-hetero) is 1. The van der Waals surface area contributed by atoms with Gasteiger partial charge in [-0.25, -0.2) is 4.98 Å². The van der Waals surface area contributed by atoms with Crippen molar-refractivity contribution in [2.75, 3.05) is 47.8 Å². The van der Waals surface area contributed by atoms with Gasteiger partial charge in [-0.2, -0.15) is 0 Å². The van der Waals surface area contributed by atoms with E-state index in [2.05, 4.69) is 56.4 Å². The lowest BCUT2D eigenvalue weighted by Gasteiger charge is -2.40. The topological polar surface area (TPSA) is 68.8 Å². The molecule has 2 saturated heterocycles. The van der Waals surface area contributed by atoms with E-state index in [1.54, 1.807) is 0 Å². The van der Waals surface area contributed by atoms with Gasteiger partial charge in [0.05, 0.1) is 5.69 Å². The molecule has 1 N–H and O–H groups in total. The van der Waals surface area contributed by atoms with Crippen molar-refractivity contribution in [3.05, 3.63) is 53.7 Å². The van der Waals surface area contributed by atoms with E-state index >= 15 is 0 Å². The highest BCUT2D eigenvalue weighted by Crippen LogP contribution is 2.35. The molecule has 1 aromatic carbocycles. The Hall–Kier alpha value is -3.19. The molecule has 0 saturated carbocycles. The van der Waals surface area contributed by atoms with Crippen LogP contribution in [0, 0.1) is 0 Å². The van der Waals surface area contributed by atoms with Crippen LogP contribution in [0.4, 0.5) is 17.2 Å². The number of hydrogen-bond acceptors (Lipinski definition) is 6. The van der Waals surface area contributed by atoms with E-state index in [1.165, 1.54) is 5.69 Å². The second kappa shape index (κ2) is 8.87. The fourth-order valence-electron chi connectivity index (χ4n) is 5.73. The molecule has 0 spiro atoms. The van der Waals surface area contributed by atoms with Crippen molar-refractivity contribution in [1.29, 1.82) is 0 Å². The first-order chi connectivity index (χ1) is 16.7. The molecule has 2 fully saturated rings. The number of pyridine rings is 1. The molecule has 176 valence electrons. The van der Waals surface area contributed by atoms with Crippen molar-refractivity contribution >= 4 is 34.5 Å². The van der Waals surface area contributed by atoms with Crippen LogP contribution in [0.25, 0.3) is 5.57 Å². The number of anilines is 3. The number of fused-ring (bicyclic) bond motifs is 3. The van der Waals surface area contributed by atoms with Crippen molar-refractivity contribution in [3.8, 4) is 0 Å². The summed E-state index contributed by atoms with van der Waals surface area (Å²) < 4.78 is 0. The van der Waals surface area contributed by atoms with Crippen molar-refractivity contribution in [2.24, 2.45) is 0 Å². The Morgan fingerprint density at radius 1 is 1.00 bits per heavy atom. The number of amides is 1. The van der Waals surface area contributed by atoms with E-state index in [1.807, 2.05) is 6.20 Å². The van der Waals surface area contributed by atoms with Gasteiger partial charge < -0.3 is 15.1 Å². The summed E-state index contributed by atoms with van der Waals surface area (Å²) in [6, 6.07) is 10.5. The Morgan fingerprint density at radius 3 is 2.59 bits per heavy atom. The summed E-state index contributed by atoms with van der Waals surface area (Å²) in [6.07, 6.45) is 8.68. The lowest BCUT2D eigenvalue weighted by Crippen LogP contribution is -2.51. The molecule has 1 atom stereocenters. The maximum Gasteiger partial charge on any atom is 0.247 e. The van der Waals surface area contributed by atoms with E-state index < -0.39 is 0 Å². The molecule has 3 aliphatic heterocycles. The van der Waals surface area contributed by atoms with Gasteiger partial charge in [-0.15, -0.1) is 0 Å². The van der Waals surface area contributed by atoms with E-state index in [0.717, 1.165) is 93.2 Å². The van der Waals surface area contributed by atoms with Crippen LogP contribution >= 0.6 is 0 Å². The molecule has 34 heavy (non-hydrogen) atoms. The fourth-order valence-corrected chi connectivity index (χ4v) is 5.73. The number of piperidine rings is 1. The highest BCUT2D eigenvalue weighted by Gasteiger charge is 2.35. The van der Waals surface area contributed by atoms with Crippen LogP contribution in [0.5, 0.6) is 0 Å². The highest BCUT2D eigenvalue weighted by atomic mass is 16.2. The highest BCUT2D eigenvalue weighted by molar-refractivity contribution is 6.22. The number of hydrogen-bond donors (Lipinski definition) is 1. The van der Waals surface area contributed by atoms with Crippen LogP contribution in [0.1, 0.15) is 43.2 Å². The second-order valence-corrected chi connectivity index (χ2v) is 9.80. The summed E-state index contributed by atoms with van der Waals surface area (Å²) in [5, 5.41) is 3.10. The van der Waals surface area contributed by atoms with Crippen LogP contribution in [-0.4, -0.2) is 60.3 Å². The normalized spacial score (nSPS) is 22.8. The van der Waals surface area contributed by atoms with Gasteiger partial charge in [-0.05, 0) is 55.0 Å². The van der Waals surface area contributed by atoms with Gasteiger partial charge in [-0.3, -0.25) is 14.5 Å². The first-order valence-corrected chi connectivity index (χ1v) is 12.5. The van der Waals surface area contributed by atoms with Gasteiger partial charge in [-0.1, -0.05) is 18.2 Å². The first kappa shape index (κ1) is 21.4. The zero-order chi connectivity index (χ0) is 23.1. The van der Waals surface area contributed by atoms with Crippen molar-refractivity contribution in [1.82, 2.24) is 9.88 Å². The second-order valence-electron chi connectivity index (χ2n) is 9.80. The van der Waals surface area contributed by atoms with Gasteiger partial charge in [0.15, 0.2) is 11.6 Å². The third-order valence-electron chi connectivity index (χ3n) is 7.60. The molecule has 7 heteroatoms. The summed E-state index contributed by atoms with van der Waals surface area (Å²) in [5.74, 6) is 1.30. The van der Waals surface area contributed by atoms with Crippen LogP contribution < -0.4 is 15.1 Å². The average Bonchev–Trinajstić information content (AvgIpc) is 3.30. The molecule has 1 aromatic heterocycles. The zero-order valence-electron chi connectivity index (χ0n) is 19.5. The van der Waals surface area contributed by atoms with Gasteiger partial charge in [0.25, 0.3) is 0 Å². The molecule has 1 aliphatic carbocycles. The minimum atomic E-state index is -0.0582. The zero-order valence-corrected chi connectivity index (χ0v) is 19.5. The summed E-state index contributed by atoms with van der Waals surface area (Å²) in [7, 11) is 0. The Bertz CT molecular complexity index is 1130. The number of ketones is 1. The molecule has 0 unspecified atom stereocenters. The molecule has 0 bridgehead atoms. The van der Waals surface area contributed by atoms with Gasteiger partial charge in [0.1, 0.15) is 6.04 Å². The van der Waals surface area contributed by atoms with Crippen molar-refractivity contribution in [3.63, 3.8) is 0 Å². The lowest BCUT2D eigenvalue weighted by molar-refractivity contribution is -0.118. The third kappa shape index (κ3) is 3.98. The summed E-state index contributed by atoms with van der Waals surface area (Å²) >= 11 is 0. The van der Waals surface area contributed by atoms with E-state index in [4.69, 9.17) is 4.98 Å². The predicted molar refractivity (Wildman–Crippen MR) is 134 cm³/mol. The van der Waals surface area contributed by atoms with E-state index in [-0.39, 0.29) is 17.7 Å². The van der Waals surface area contributed by atoms with E-state index in [9.17, 15) is 9.59 Å². The average molecular weight is 458 g/mol. The molecule has 7 nitrogen and oxygen atoms in total. The van der Waals surface area contributed by atoms with Crippen LogP contribution in [0.15, 0.2) is 42.6 Å². The molecular formula is C27H31N5O2. The van der Waals surface area contributed by atoms with Gasteiger partial charge >= 0.3 is 0 Å². The standard InChI is InChI=1S/C27H31N5O2/c33-25-6-3-4-22(25)20-7-9-21(10-8-20)31-14-12-30(13-15-31)18-19-16-23-26(28-17-19)32-11-2-1-5-24(32)27(34)29-23/h4,7-10,16-17,24H,1-3,5-6,11-15,18H2,(H,29,34)/t24-/m0/s1. The Labute approximate surface area is 200 Å². The number of benzene rings is 1. The molecule has 4 heterocycles. The predicted octanol–water partition coefficient (Wildman–Crippen LogP) is 3.46. The van der Waals surface area contributed by atoms with Gasteiger partial charge in [0, 0.05) is 63.1 Å². The van der Waals surface area contributed by atoms with Crippen molar-refractivity contribution < 1.29 is 9.59 Å². The maximum atomic E-state index is 12.6. The number of carbonyl (C=O) groups is 2. The molecule has 0 radical (unpaired) electrons. The maximum absolute atomic E-state index is 12.6. The molecular weight excluding hydrogens is 426 g/mol. The quantitative estimate of drug-likeness (QED) is 0.758. The number of aromatic nitrogens is 1. The number of nitrogens with one attached hydrogen (secondary N) is 1. The smallest absolute Gasteiger partial charge is 0.247 e.